The molecule has 1 aliphatic carbocycles. The number of amides is 1. The Morgan fingerprint density at radius 2 is 2.08 bits per heavy atom. The summed E-state index contributed by atoms with van der Waals surface area (Å²) in [4.78, 5) is 31.8. The van der Waals surface area contributed by atoms with Crippen LogP contribution in [-0.2, 0) is 16.0 Å². The molecule has 0 aliphatic heterocycles. The van der Waals surface area contributed by atoms with Crippen molar-refractivity contribution in [2.45, 2.75) is 19.3 Å². The van der Waals surface area contributed by atoms with E-state index in [1.54, 1.807) is 12.1 Å². The first-order chi connectivity index (χ1) is 11.5. The molecule has 1 aromatic heterocycles. The Hall–Kier alpha value is -2.83. The Morgan fingerprint density at radius 3 is 2.75 bits per heavy atom. The number of ether oxygens (including phenoxy) is 1. The lowest BCUT2D eigenvalue weighted by molar-refractivity contribution is -0.121. The van der Waals surface area contributed by atoms with Gasteiger partial charge in [0, 0.05) is 6.07 Å². The van der Waals surface area contributed by atoms with Crippen LogP contribution in [0.4, 0.5) is 10.2 Å². The van der Waals surface area contributed by atoms with Gasteiger partial charge >= 0.3 is 5.97 Å². The summed E-state index contributed by atoms with van der Waals surface area (Å²) in [5.41, 5.74) is 0.294. The van der Waals surface area contributed by atoms with Crippen LogP contribution < -0.4 is 5.32 Å². The van der Waals surface area contributed by atoms with Crippen LogP contribution in [0.2, 0.25) is 0 Å². The third kappa shape index (κ3) is 3.40. The Morgan fingerprint density at radius 1 is 1.29 bits per heavy atom. The number of carbonyl (C=O) groups excluding carboxylic acids is 2. The van der Waals surface area contributed by atoms with Gasteiger partial charge in [0.25, 0.3) is 0 Å². The maximum absolute atomic E-state index is 13.3. The number of aromatic nitrogens is 2. The van der Waals surface area contributed by atoms with Gasteiger partial charge in [-0.1, -0.05) is 12.1 Å². The molecule has 1 aliphatic rings. The van der Waals surface area contributed by atoms with E-state index in [4.69, 9.17) is 0 Å². The molecule has 0 spiro atoms. The number of hydrogen-bond acceptors (Lipinski definition) is 5. The Kier molecular flexibility index (Phi) is 4.24. The van der Waals surface area contributed by atoms with Gasteiger partial charge < -0.3 is 10.1 Å². The number of esters is 1. The Labute approximate surface area is 138 Å². The molecule has 1 saturated carbocycles. The summed E-state index contributed by atoms with van der Waals surface area (Å²) in [6, 6.07) is 7.61. The molecule has 3 rings (SSSR count). The van der Waals surface area contributed by atoms with Crippen molar-refractivity contribution in [3.05, 3.63) is 53.7 Å². The first-order valence-electron chi connectivity index (χ1n) is 7.49. The molecule has 0 bridgehead atoms. The van der Waals surface area contributed by atoms with Crippen molar-refractivity contribution < 1.29 is 18.7 Å². The second kappa shape index (κ2) is 6.35. The standard InChI is InChI=1S/C17H16FN3O3/c1-24-15(22)13-8-14(20-10-19-13)21-16(23)17(5-6-17)9-11-3-2-4-12(18)7-11/h2-4,7-8,10H,5-6,9H2,1H3,(H,19,20,21,23). The van der Waals surface area contributed by atoms with Crippen molar-refractivity contribution in [1.82, 2.24) is 9.97 Å². The normalized spacial score (nSPS) is 14.8. The number of hydrogen-bond donors (Lipinski definition) is 1. The van der Waals surface area contributed by atoms with E-state index in [2.05, 4.69) is 20.0 Å². The van der Waals surface area contributed by atoms with Crippen LogP contribution in [0.15, 0.2) is 36.7 Å². The molecule has 0 atom stereocenters. The molecule has 1 amide bonds. The minimum Gasteiger partial charge on any atom is -0.464 e. The molecule has 1 heterocycles. The van der Waals surface area contributed by atoms with Crippen molar-refractivity contribution >= 4 is 17.7 Å². The average Bonchev–Trinajstić information content (AvgIpc) is 3.35. The van der Waals surface area contributed by atoms with Gasteiger partial charge in [-0.25, -0.2) is 19.2 Å². The highest BCUT2D eigenvalue weighted by Crippen LogP contribution is 2.49. The number of halogens is 1. The van der Waals surface area contributed by atoms with Gasteiger partial charge in [-0.05, 0) is 37.0 Å². The number of rotatable bonds is 5. The van der Waals surface area contributed by atoms with Crippen molar-refractivity contribution in [1.29, 1.82) is 0 Å². The molecule has 124 valence electrons. The highest BCUT2D eigenvalue weighted by Gasteiger charge is 2.49. The van der Waals surface area contributed by atoms with Gasteiger partial charge in [0.15, 0.2) is 5.69 Å². The zero-order valence-corrected chi connectivity index (χ0v) is 13.1. The number of anilines is 1. The van der Waals surface area contributed by atoms with Crippen LogP contribution in [0, 0.1) is 11.2 Å². The lowest BCUT2D eigenvalue weighted by atomic mass is 9.95. The van der Waals surface area contributed by atoms with E-state index in [9.17, 15) is 14.0 Å². The van der Waals surface area contributed by atoms with E-state index >= 15 is 0 Å². The Balaban J connectivity index is 1.72. The molecule has 0 unspecified atom stereocenters. The van der Waals surface area contributed by atoms with Gasteiger partial charge in [0.1, 0.15) is 18.0 Å². The van der Waals surface area contributed by atoms with Gasteiger partial charge in [0.2, 0.25) is 5.91 Å². The zero-order chi connectivity index (χ0) is 17.2. The van der Waals surface area contributed by atoms with Gasteiger partial charge in [-0.3, -0.25) is 4.79 Å². The highest BCUT2D eigenvalue weighted by molar-refractivity contribution is 5.97. The molecule has 7 heteroatoms. The number of nitrogens with one attached hydrogen (secondary N) is 1. The smallest absolute Gasteiger partial charge is 0.356 e. The van der Waals surface area contributed by atoms with Crippen LogP contribution in [0.25, 0.3) is 0 Å². The molecule has 2 aromatic rings. The molecule has 0 radical (unpaired) electrons. The van der Waals surface area contributed by atoms with Crippen molar-refractivity contribution in [3.8, 4) is 0 Å². The van der Waals surface area contributed by atoms with Crippen molar-refractivity contribution in [2.75, 3.05) is 12.4 Å². The van der Waals surface area contributed by atoms with E-state index in [0.717, 1.165) is 18.4 Å². The van der Waals surface area contributed by atoms with Crippen LogP contribution in [0.1, 0.15) is 28.9 Å². The second-order valence-electron chi connectivity index (χ2n) is 5.82. The molecule has 0 saturated heterocycles. The molecule has 1 aromatic carbocycles. The topological polar surface area (TPSA) is 81.2 Å². The van der Waals surface area contributed by atoms with Crippen LogP contribution in [0.3, 0.4) is 0 Å². The number of benzene rings is 1. The number of methoxy groups -OCH3 is 1. The SMILES string of the molecule is COC(=O)c1cc(NC(=O)C2(Cc3cccc(F)c3)CC2)ncn1. The summed E-state index contributed by atoms with van der Waals surface area (Å²) in [6.45, 7) is 0. The lowest BCUT2D eigenvalue weighted by Crippen LogP contribution is -2.27. The summed E-state index contributed by atoms with van der Waals surface area (Å²) < 4.78 is 17.9. The predicted octanol–water partition coefficient (Wildman–Crippen LogP) is 2.36. The average molecular weight is 329 g/mol. The highest BCUT2D eigenvalue weighted by atomic mass is 19.1. The maximum atomic E-state index is 13.3. The van der Waals surface area contributed by atoms with E-state index < -0.39 is 11.4 Å². The minimum absolute atomic E-state index is 0.0674. The van der Waals surface area contributed by atoms with Crippen LogP contribution in [-0.4, -0.2) is 29.0 Å². The minimum atomic E-state index is -0.603. The third-order valence-corrected chi connectivity index (χ3v) is 4.07. The largest absolute Gasteiger partial charge is 0.464 e. The molecule has 24 heavy (non-hydrogen) atoms. The fraction of sp³-hybridized carbons (Fsp3) is 0.294. The Bertz CT molecular complexity index is 790. The van der Waals surface area contributed by atoms with E-state index in [1.165, 1.54) is 31.6 Å². The zero-order valence-electron chi connectivity index (χ0n) is 13.1. The summed E-state index contributed by atoms with van der Waals surface area (Å²) in [6.07, 6.45) is 3.11. The van der Waals surface area contributed by atoms with Crippen molar-refractivity contribution in [3.63, 3.8) is 0 Å². The second-order valence-corrected chi connectivity index (χ2v) is 5.82. The van der Waals surface area contributed by atoms with E-state index in [0.29, 0.717) is 6.42 Å². The summed E-state index contributed by atoms with van der Waals surface area (Å²) in [7, 11) is 1.25. The van der Waals surface area contributed by atoms with E-state index in [1.807, 2.05) is 0 Å². The fourth-order valence-electron chi connectivity index (χ4n) is 2.56. The van der Waals surface area contributed by atoms with Crippen molar-refractivity contribution in [2.24, 2.45) is 5.41 Å². The van der Waals surface area contributed by atoms with E-state index in [-0.39, 0.29) is 23.2 Å². The monoisotopic (exact) mass is 329 g/mol. The predicted molar refractivity (Wildman–Crippen MR) is 83.8 cm³/mol. The fourth-order valence-corrected chi connectivity index (χ4v) is 2.56. The summed E-state index contributed by atoms with van der Waals surface area (Å²) in [5.74, 6) is -0.877. The van der Waals surface area contributed by atoms with Gasteiger partial charge in [-0.2, -0.15) is 0 Å². The van der Waals surface area contributed by atoms with Crippen LogP contribution >= 0.6 is 0 Å². The summed E-state index contributed by atoms with van der Waals surface area (Å²) >= 11 is 0. The quantitative estimate of drug-likeness (QED) is 0.852. The lowest BCUT2D eigenvalue weighted by Gasteiger charge is -2.15. The van der Waals surface area contributed by atoms with Crippen LogP contribution in [0.5, 0.6) is 0 Å². The third-order valence-electron chi connectivity index (χ3n) is 4.07. The maximum Gasteiger partial charge on any atom is 0.356 e. The number of nitrogens with zero attached hydrogens (tertiary/aromatic N) is 2. The molecule has 1 fully saturated rings. The molecular weight excluding hydrogens is 313 g/mol. The molecule has 1 N–H and O–H groups in total. The first-order valence-corrected chi connectivity index (χ1v) is 7.49. The number of carbonyl (C=O) groups is 2. The first kappa shape index (κ1) is 16.0. The molecule has 6 nitrogen and oxygen atoms in total. The molecular formula is C17H16FN3O3. The summed E-state index contributed by atoms with van der Waals surface area (Å²) in [5, 5.41) is 2.71. The van der Waals surface area contributed by atoms with Gasteiger partial charge in [0.05, 0.1) is 12.5 Å². The van der Waals surface area contributed by atoms with Gasteiger partial charge in [-0.15, -0.1) is 0 Å².